The van der Waals surface area contributed by atoms with Gasteiger partial charge in [0.05, 0.1) is 11.6 Å². The normalized spacial score (nSPS) is 43.1. The fourth-order valence-electron chi connectivity index (χ4n) is 6.88. The molecule has 1 amide bonds. The number of carbonyl (C=O) groups excluding carboxylic acids is 1. The van der Waals surface area contributed by atoms with Crippen molar-refractivity contribution in [2.24, 2.45) is 17.3 Å². The van der Waals surface area contributed by atoms with E-state index in [1.165, 1.54) is 29.7 Å². The molecule has 3 atom stereocenters. The summed E-state index contributed by atoms with van der Waals surface area (Å²) in [6.07, 6.45) is 8.13. The van der Waals surface area contributed by atoms with Crippen molar-refractivity contribution < 1.29 is 9.90 Å². The van der Waals surface area contributed by atoms with Crippen LogP contribution >= 0.6 is 11.3 Å². The zero-order chi connectivity index (χ0) is 16.5. The van der Waals surface area contributed by atoms with E-state index < -0.39 is 5.60 Å². The molecule has 1 aromatic heterocycles. The first-order valence-electron chi connectivity index (χ1n) is 9.54. The molecule has 0 radical (unpaired) electrons. The Hall–Kier alpha value is -0.870. The van der Waals surface area contributed by atoms with Crippen LogP contribution in [0.5, 0.6) is 0 Å². The largest absolute Gasteiger partial charge is 0.390 e. The van der Waals surface area contributed by atoms with Crippen molar-refractivity contribution in [3.05, 3.63) is 21.9 Å². The molecule has 3 nitrogen and oxygen atoms in total. The minimum absolute atomic E-state index is 0.0879. The second-order valence-electron chi connectivity index (χ2n) is 9.17. The standard InChI is InChI=1S/C20H27NO2S/c1-13-16-3-5-24-17(16)2-4-21(13)18(22)11-19-7-14-6-15(8-19)10-20(23,9-14)12-19/h3,5,13-15,23H,2,4,6-12H2,1H3/t13-,14-,15-,19?,20?/m1/s1. The minimum atomic E-state index is -0.460. The van der Waals surface area contributed by atoms with Crippen molar-refractivity contribution in [2.45, 2.75) is 69.9 Å². The van der Waals surface area contributed by atoms with Crippen molar-refractivity contribution >= 4 is 17.2 Å². The molecule has 2 heterocycles. The molecule has 0 unspecified atom stereocenters. The summed E-state index contributed by atoms with van der Waals surface area (Å²) in [6, 6.07) is 2.40. The Kier molecular flexibility index (Phi) is 3.25. The maximum Gasteiger partial charge on any atom is 0.223 e. The number of amides is 1. The molecule has 1 aromatic rings. The van der Waals surface area contributed by atoms with Crippen LogP contribution in [-0.4, -0.2) is 28.1 Å². The van der Waals surface area contributed by atoms with E-state index in [-0.39, 0.29) is 11.5 Å². The van der Waals surface area contributed by atoms with Gasteiger partial charge in [0.2, 0.25) is 5.91 Å². The van der Waals surface area contributed by atoms with Gasteiger partial charge < -0.3 is 10.0 Å². The average Bonchev–Trinajstić information content (AvgIpc) is 2.93. The zero-order valence-corrected chi connectivity index (χ0v) is 15.3. The van der Waals surface area contributed by atoms with Crippen LogP contribution in [0.2, 0.25) is 0 Å². The van der Waals surface area contributed by atoms with Crippen molar-refractivity contribution in [3.8, 4) is 0 Å². The summed E-state index contributed by atoms with van der Waals surface area (Å²) < 4.78 is 0. The Morgan fingerprint density at radius 2 is 2.08 bits per heavy atom. The molecule has 4 bridgehead atoms. The van der Waals surface area contributed by atoms with Gasteiger partial charge >= 0.3 is 0 Å². The summed E-state index contributed by atoms with van der Waals surface area (Å²) in [5.41, 5.74) is 0.979. The molecule has 6 rings (SSSR count). The number of carbonyl (C=O) groups is 1. The van der Waals surface area contributed by atoms with Gasteiger partial charge in [0.25, 0.3) is 0 Å². The van der Waals surface area contributed by atoms with Crippen molar-refractivity contribution in [2.75, 3.05) is 6.54 Å². The monoisotopic (exact) mass is 345 g/mol. The highest BCUT2D eigenvalue weighted by Gasteiger charge is 2.57. The van der Waals surface area contributed by atoms with Crippen LogP contribution in [0.15, 0.2) is 11.4 Å². The molecule has 130 valence electrons. The molecular formula is C20H27NO2S. The summed E-state index contributed by atoms with van der Waals surface area (Å²) in [5, 5.41) is 13.1. The first kappa shape index (κ1) is 15.4. The van der Waals surface area contributed by atoms with Gasteiger partial charge in [-0.25, -0.2) is 0 Å². The highest BCUT2D eigenvalue weighted by molar-refractivity contribution is 7.10. The first-order valence-corrected chi connectivity index (χ1v) is 10.4. The van der Waals surface area contributed by atoms with Crippen LogP contribution in [0, 0.1) is 17.3 Å². The van der Waals surface area contributed by atoms with Crippen molar-refractivity contribution in [1.29, 1.82) is 0 Å². The Morgan fingerprint density at radius 3 is 2.79 bits per heavy atom. The fraction of sp³-hybridized carbons (Fsp3) is 0.750. The summed E-state index contributed by atoms with van der Waals surface area (Å²) in [6.45, 7) is 3.04. The van der Waals surface area contributed by atoms with Crippen LogP contribution in [-0.2, 0) is 11.2 Å². The number of aliphatic hydroxyl groups is 1. The summed E-state index contributed by atoms with van der Waals surface area (Å²) in [4.78, 5) is 16.7. The molecule has 4 heteroatoms. The van der Waals surface area contributed by atoms with E-state index in [4.69, 9.17) is 0 Å². The maximum atomic E-state index is 13.2. The Morgan fingerprint density at radius 1 is 1.33 bits per heavy atom. The van der Waals surface area contributed by atoms with E-state index in [9.17, 15) is 9.90 Å². The number of rotatable bonds is 2. The highest BCUT2D eigenvalue weighted by atomic mass is 32.1. The molecule has 24 heavy (non-hydrogen) atoms. The van der Waals surface area contributed by atoms with E-state index in [2.05, 4.69) is 23.3 Å². The topological polar surface area (TPSA) is 40.5 Å². The number of thiophene rings is 1. The molecule has 1 aliphatic heterocycles. The fourth-order valence-corrected chi connectivity index (χ4v) is 7.84. The smallest absolute Gasteiger partial charge is 0.223 e. The lowest BCUT2D eigenvalue weighted by atomic mass is 9.47. The van der Waals surface area contributed by atoms with Crippen LogP contribution in [0.4, 0.5) is 0 Å². The molecule has 0 saturated heterocycles. The van der Waals surface area contributed by atoms with E-state index in [1.54, 1.807) is 0 Å². The molecular weight excluding hydrogens is 318 g/mol. The number of hydrogen-bond acceptors (Lipinski definition) is 3. The van der Waals surface area contributed by atoms with Crippen LogP contribution in [0.25, 0.3) is 0 Å². The highest BCUT2D eigenvalue weighted by Crippen LogP contribution is 2.63. The third-order valence-electron chi connectivity index (χ3n) is 7.28. The van der Waals surface area contributed by atoms with E-state index in [0.29, 0.717) is 24.2 Å². The van der Waals surface area contributed by atoms with Crippen LogP contribution in [0.3, 0.4) is 0 Å². The zero-order valence-electron chi connectivity index (χ0n) is 14.5. The van der Waals surface area contributed by atoms with Gasteiger partial charge in [0.1, 0.15) is 0 Å². The predicted molar refractivity (Wildman–Crippen MR) is 94.8 cm³/mol. The molecule has 1 N–H and O–H groups in total. The first-order chi connectivity index (χ1) is 11.5. The third-order valence-corrected chi connectivity index (χ3v) is 8.27. The predicted octanol–water partition coefficient (Wildman–Crippen LogP) is 3.92. The molecule has 4 aliphatic carbocycles. The van der Waals surface area contributed by atoms with Gasteiger partial charge in [-0.3, -0.25) is 4.79 Å². The molecule has 0 aromatic carbocycles. The average molecular weight is 346 g/mol. The maximum absolute atomic E-state index is 13.2. The molecule has 0 spiro atoms. The lowest BCUT2D eigenvalue weighted by molar-refractivity contribution is -0.172. The number of fused-ring (bicyclic) bond motifs is 1. The van der Waals surface area contributed by atoms with E-state index in [1.807, 2.05) is 11.3 Å². The van der Waals surface area contributed by atoms with Gasteiger partial charge in [-0.2, -0.15) is 0 Å². The van der Waals surface area contributed by atoms with Gasteiger partial charge in [-0.1, -0.05) is 0 Å². The Labute approximate surface area is 148 Å². The lowest BCUT2D eigenvalue weighted by Crippen LogP contribution is -2.56. The second-order valence-corrected chi connectivity index (χ2v) is 10.2. The molecule has 4 saturated carbocycles. The van der Waals surface area contributed by atoms with Crippen molar-refractivity contribution in [3.63, 3.8) is 0 Å². The third kappa shape index (κ3) is 2.29. The molecule has 5 aliphatic rings. The van der Waals surface area contributed by atoms with Crippen molar-refractivity contribution in [1.82, 2.24) is 4.90 Å². The lowest BCUT2D eigenvalue weighted by Gasteiger charge is -2.60. The second kappa shape index (κ2) is 5.07. The van der Waals surface area contributed by atoms with E-state index in [0.717, 1.165) is 32.2 Å². The quantitative estimate of drug-likeness (QED) is 0.883. The number of hydrogen-bond donors (Lipinski definition) is 1. The minimum Gasteiger partial charge on any atom is -0.390 e. The SMILES string of the molecule is C[C@@H]1c2ccsc2CCN1C(=O)CC12C[C@H]3C[C@@H](CC(O)(C3)C1)C2. The van der Waals surface area contributed by atoms with Crippen LogP contribution in [0.1, 0.15) is 68.4 Å². The number of nitrogens with zero attached hydrogens (tertiary/aromatic N) is 1. The van der Waals surface area contributed by atoms with Gasteiger partial charge in [0.15, 0.2) is 0 Å². The summed E-state index contributed by atoms with van der Waals surface area (Å²) in [7, 11) is 0. The summed E-state index contributed by atoms with van der Waals surface area (Å²) >= 11 is 1.83. The van der Waals surface area contributed by atoms with Gasteiger partial charge in [-0.05, 0) is 86.1 Å². The Balaban J connectivity index is 1.36. The van der Waals surface area contributed by atoms with E-state index >= 15 is 0 Å². The van der Waals surface area contributed by atoms with Gasteiger partial charge in [0, 0.05) is 17.8 Å². The molecule has 4 fully saturated rings. The Bertz CT molecular complexity index is 667. The summed E-state index contributed by atoms with van der Waals surface area (Å²) in [5.74, 6) is 1.64. The van der Waals surface area contributed by atoms with Gasteiger partial charge in [-0.15, -0.1) is 11.3 Å². The van der Waals surface area contributed by atoms with Crippen LogP contribution < -0.4 is 0 Å².